The quantitative estimate of drug-likeness (QED) is 0.747. The molecule has 2 fully saturated rings. The highest BCUT2D eigenvalue weighted by atomic mass is 32.2. The molecule has 2 aromatic rings. The maximum atomic E-state index is 12.6. The Morgan fingerprint density at radius 3 is 2.88 bits per heavy atom. The normalized spacial score (nSPS) is 22.4. The Morgan fingerprint density at radius 2 is 2.19 bits per heavy atom. The van der Waals surface area contributed by atoms with Crippen LogP contribution < -0.4 is 4.74 Å². The van der Waals surface area contributed by atoms with E-state index < -0.39 is 15.6 Å². The van der Waals surface area contributed by atoms with Gasteiger partial charge in [-0.3, -0.25) is 0 Å². The second-order valence-electron chi connectivity index (χ2n) is 6.85. The summed E-state index contributed by atoms with van der Waals surface area (Å²) in [5, 5.41) is 0.0860. The Kier molecular flexibility index (Phi) is 4.45. The molecule has 2 aromatic heterocycles. The summed E-state index contributed by atoms with van der Waals surface area (Å²) in [4.78, 5) is 8.12. The first kappa shape index (κ1) is 17.4. The van der Waals surface area contributed by atoms with Crippen LogP contribution in [0.4, 0.5) is 0 Å². The van der Waals surface area contributed by atoms with Crippen molar-refractivity contribution in [2.75, 3.05) is 26.3 Å². The van der Waals surface area contributed by atoms with Crippen molar-refractivity contribution < 1.29 is 17.9 Å². The Balaban J connectivity index is 1.36. The molecule has 8 nitrogen and oxygen atoms in total. The van der Waals surface area contributed by atoms with Gasteiger partial charge in [-0.05, 0) is 24.8 Å². The van der Waals surface area contributed by atoms with E-state index in [2.05, 4.69) is 9.97 Å². The van der Waals surface area contributed by atoms with Gasteiger partial charge in [0.05, 0.1) is 18.5 Å². The van der Waals surface area contributed by atoms with Crippen molar-refractivity contribution in [3.05, 3.63) is 36.9 Å². The second-order valence-corrected chi connectivity index (χ2v) is 8.74. The highest BCUT2D eigenvalue weighted by Gasteiger charge is 2.56. The lowest BCUT2D eigenvalue weighted by molar-refractivity contribution is -0.104. The van der Waals surface area contributed by atoms with E-state index in [0.29, 0.717) is 32.2 Å². The highest BCUT2D eigenvalue weighted by Crippen LogP contribution is 2.43. The molecule has 140 valence electrons. The number of aromatic nitrogens is 3. The van der Waals surface area contributed by atoms with E-state index in [9.17, 15) is 8.42 Å². The molecule has 0 saturated carbocycles. The van der Waals surface area contributed by atoms with E-state index in [1.165, 1.54) is 16.8 Å². The third kappa shape index (κ3) is 3.10. The largest absolute Gasteiger partial charge is 0.478 e. The van der Waals surface area contributed by atoms with E-state index >= 15 is 0 Å². The molecule has 0 radical (unpaired) electrons. The van der Waals surface area contributed by atoms with E-state index in [-0.39, 0.29) is 10.9 Å². The molecule has 2 aliphatic rings. The molecule has 2 aliphatic heterocycles. The number of pyridine rings is 1. The molecule has 4 heterocycles. The Bertz CT molecular complexity index is 862. The number of hydrogen-bond acceptors (Lipinski definition) is 6. The Morgan fingerprint density at radius 1 is 1.35 bits per heavy atom. The summed E-state index contributed by atoms with van der Waals surface area (Å²) in [7, 11) is -1.80. The van der Waals surface area contributed by atoms with Crippen molar-refractivity contribution in [1.82, 2.24) is 18.8 Å². The number of ether oxygens (including phenoxy) is 2. The van der Waals surface area contributed by atoms with Crippen LogP contribution in [0.5, 0.6) is 5.88 Å². The topological polar surface area (TPSA) is 86.6 Å². The lowest BCUT2D eigenvalue weighted by Gasteiger charge is -2.48. The molecule has 0 aromatic carbocycles. The lowest BCUT2D eigenvalue weighted by atomic mass is 9.80. The third-order valence-corrected chi connectivity index (χ3v) is 6.80. The first-order chi connectivity index (χ1) is 12.5. The summed E-state index contributed by atoms with van der Waals surface area (Å²) < 4.78 is 40.0. The van der Waals surface area contributed by atoms with Crippen LogP contribution in [0.15, 0.2) is 41.9 Å². The van der Waals surface area contributed by atoms with Gasteiger partial charge < -0.3 is 14.0 Å². The predicted octanol–water partition coefficient (Wildman–Crippen LogP) is 1.06. The average Bonchev–Trinajstić information content (AvgIpc) is 3.21. The van der Waals surface area contributed by atoms with E-state index in [0.717, 1.165) is 12.8 Å². The van der Waals surface area contributed by atoms with Gasteiger partial charge in [-0.25, -0.2) is 18.4 Å². The first-order valence-corrected chi connectivity index (χ1v) is 10.1. The van der Waals surface area contributed by atoms with Crippen LogP contribution in [0, 0.1) is 5.92 Å². The van der Waals surface area contributed by atoms with Crippen molar-refractivity contribution in [3.63, 3.8) is 0 Å². The van der Waals surface area contributed by atoms with Crippen LogP contribution >= 0.6 is 0 Å². The SMILES string of the molecule is Cn1cnc(S(=O)(=O)N2CC3(C2)OCC[C@@H]3CCOc2ccccn2)c1. The number of rotatable bonds is 6. The zero-order valence-corrected chi connectivity index (χ0v) is 15.4. The molecule has 2 saturated heterocycles. The average molecular weight is 378 g/mol. The Hall–Kier alpha value is -1.97. The fraction of sp³-hybridized carbons (Fsp3) is 0.529. The van der Waals surface area contributed by atoms with Crippen molar-refractivity contribution in [2.24, 2.45) is 13.0 Å². The van der Waals surface area contributed by atoms with Gasteiger partial charge in [0.15, 0.2) is 5.03 Å². The predicted molar refractivity (Wildman–Crippen MR) is 93.1 cm³/mol. The first-order valence-electron chi connectivity index (χ1n) is 8.65. The van der Waals surface area contributed by atoms with Crippen LogP contribution in [0.1, 0.15) is 12.8 Å². The number of sulfonamides is 1. The smallest absolute Gasteiger partial charge is 0.262 e. The molecule has 26 heavy (non-hydrogen) atoms. The van der Waals surface area contributed by atoms with Gasteiger partial charge >= 0.3 is 0 Å². The number of nitrogens with zero attached hydrogens (tertiary/aromatic N) is 4. The van der Waals surface area contributed by atoms with E-state index in [4.69, 9.17) is 9.47 Å². The molecule has 9 heteroatoms. The van der Waals surface area contributed by atoms with Gasteiger partial charge in [0.25, 0.3) is 10.0 Å². The van der Waals surface area contributed by atoms with Crippen LogP contribution in [0.25, 0.3) is 0 Å². The number of imidazole rings is 1. The minimum atomic E-state index is -3.55. The zero-order valence-electron chi connectivity index (χ0n) is 14.6. The van der Waals surface area contributed by atoms with Crippen LogP contribution in [0.3, 0.4) is 0 Å². The summed E-state index contributed by atoms with van der Waals surface area (Å²) in [6.45, 7) is 1.95. The summed E-state index contributed by atoms with van der Waals surface area (Å²) >= 11 is 0. The van der Waals surface area contributed by atoms with Gasteiger partial charge in [-0.1, -0.05) is 6.07 Å². The van der Waals surface area contributed by atoms with Gasteiger partial charge in [0, 0.05) is 45.2 Å². The van der Waals surface area contributed by atoms with Gasteiger partial charge in [-0.15, -0.1) is 0 Å². The monoisotopic (exact) mass is 378 g/mol. The van der Waals surface area contributed by atoms with Crippen molar-refractivity contribution in [1.29, 1.82) is 0 Å². The molecule has 1 spiro atoms. The molecule has 0 N–H and O–H groups in total. The molecule has 4 rings (SSSR count). The van der Waals surface area contributed by atoms with Crippen LogP contribution in [-0.4, -0.2) is 59.2 Å². The lowest BCUT2D eigenvalue weighted by Crippen LogP contribution is -2.66. The fourth-order valence-corrected chi connectivity index (χ4v) is 5.18. The number of aryl methyl sites for hydroxylation is 1. The molecule has 0 amide bonds. The maximum absolute atomic E-state index is 12.6. The minimum absolute atomic E-state index is 0.0860. The fourth-order valence-electron chi connectivity index (χ4n) is 3.66. The molecular formula is C17H22N4O4S. The van der Waals surface area contributed by atoms with Gasteiger partial charge in [0.1, 0.15) is 0 Å². The van der Waals surface area contributed by atoms with Crippen molar-refractivity contribution >= 4 is 10.0 Å². The molecule has 0 aliphatic carbocycles. The summed E-state index contributed by atoms with van der Waals surface area (Å²) in [6, 6.07) is 5.55. The second kappa shape index (κ2) is 6.64. The zero-order chi connectivity index (χ0) is 18.2. The minimum Gasteiger partial charge on any atom is -0.478 e. The molecule has 0 unspecified atom stereocenters. The summed E-state index contributed by atoms with van der Waals surface area (Å²) in [5.41, 5.74) is -0.394. The van der Waals surface area contributed by atoms with E-state index in [1.54, 1.807) is 17.8 Å². The van der Waals surface area contributed by atoms with Crippen LogP contribution in [0.2, 0.25) is 0 Å². The third-order valence-electron chi connectivity index (χ3n) is 5.13. The maximum Gasteiger partial charge on any atom is 0.262 e. The van der Waals surface area contributed by atoms with E-state index in [1.807, 2.05) is 18.2 Å². The van der Waals surface area contributed by atoms with Crippen molar-refractivity contribution in [3.8, 4) is 5.88 Å². The highest BCUT2D eigenvalue weighted by molar-refractivity contribution is 7.89. The van der Waals surface area contributed by atoms with Crippen LogP contribution in [-0.2, 0) is 21.8 Å². The molecular weight excluding hydrogens is 356 g/mol. The molecule has 1 atom stereocenters. The Labute approximate surface area is 152 Å². The van der Waals surface area contributed by atoms with Gasteiger partial charge in [-0.2, -0.15) is 4.31 Å². The molecule has 0 bridgehead atoms. The van der Waals surface area contributed by atoms with Gasteiger partial charge in [0.2, 0.25) is 5.88 Å². The number of hydrogen-bond donors (Lipinski definition) is 0. The summed E-state index contributed by atoms with van der Waals surface area (Å²) in [5.74, 6) is 0.884. The standard InChI is InChI=1S/C17H22N4O4S/c1-20-10-16(19-13-20)26(22,23)21-11-17(12-21)14(6-9-25-17)5-8-24-15-4-2-3-7-18-15/h2-4,7,10,13-14H,5-6,8-9,11-12H2,1H3/t14-/m0/s1. The summed E-state index contributed by atoms with van der Waals surface area (Å²) in [6.07, 6.45) is 6.44. The van der Waals surface area contributed by atoms with Crippen molar-refractivity contribution in [2.45, 2.75) is 23.5 Å².